The predicted octanol–water partition coefficient (Wildman–Crippen LogP) is 3.47. The molecule has 150 valence electrons. The molecule has 0 spiro atoms. The fraction of sp³-hybridized carbons (Fsp3) is 0.304. The van der Waals surface area contributed by atoms with Crippen LogP contribution in [-0.2, 0) is 6.42 Å². The number of hydrogen-bond donors (Lipinski definition) is 1. The Morgan fingerprint density at radius 2 is 1.62 bits per heavy atom. The molecule has 0 radical (unpaired) electrons. The summed E-state index contributed by atoms with van der Waals surface area (Å²) in [6.45, 7) is 4.43. The number of hydrogen-bond acceptors (Lipinski definition) is 6. The third-order valence-electron chi connectivity index (χ3n) is 5.19. The van der Waals surface area contributed by atoms with Crippen LogP contribution in [-0.4, -0.2) is 49.8 Å². The van der Waals surface area contributed by atoms with Gasteiger partial charge in [0, 0.05) is 38.9 Å². The van der Waals surface area contributed by atoms with Gasteiger partial charge in [-0.15, -0.1) is 0 Å². The average Bonchev–Trinajstić information content (AvgIpc) is 2.80. The summed E-state index contributed by atoms with van der Waals surface area (Å²) >= 11 is 0. The van der Waals surface area contributed by atoms with Crippen LogP contribution >= 0.6 is 0 Å². The number of methoxy groups -OCH3 is 1. The van der Waals surface area contributed by atoms with Gasteiger partial charge in [-0.05, 0) is 30.2 Å². The summed E-state index contributed by atoms with van der Waals surface area (Å²) < 4.78 is 5.51. The minimum absolute atomic E-state index is 0.786. The number of para-hydroxylation sites is 2. The smallest absolute Gasteiger partial charge is 0.227 e. The number of nitrogens with zero attached hydrogens (tertiary/aromatic N) is 4. The van der Waals surface area contributed by atoms with Crippen LogP contribution < -0.4 is 19.9 Å². The standard InChI is InChI=1S/C23H27N5O/c1-29-21-10-6-5-9-20(21)27-15-17-28(18-16-27)23-25-14-12-22(26-23)24-13-11-19-7-3-2-4-8-19/h2-10,12,14H,11,13,15-18H2,1H3,(H,24,25,26). The van der Waals surface area contributed by atoms with Crippen molar-refractivity contribution in [1.29, 1.82) is 0 Å². The molecular formula is C23H27N5O. The molecule has 0 atom stereocenters. The lowest BCUT2D eigenvalue weighted by Crippen LogP contribution is -2.47. The van der Waals surface area contributed by atoms with Gasteiger partial charge in [0.05, 0.1) is 12.8 Å². The second-order valence-corrected chi connectivity index (χ2v) is 7.05. The minimum Gasteiger partial charge on any atom is -0.495 e. The Kier molecular flexibility index (Phi) is 6.10. The summed E-state index contributed by atoms with van der Waals surface area (Å²) in [5, 5.41) is 3.42. The van der Waals surface area contributed by atoms with E-state index in [9.17, 15) is 0 Å². The zero-order valence-electron chi connectivity index (χ0n) is 16.8. The van der Waals surface area contributed by atoms with Gasteiger partial charge in [0.25, 0.3) is 0 Å². The number of benzene rings is 2. The molecule has 1 aromatic heterocycles. The third kappa shape index (κ3) is 4.77. The van der Waals surface area contributed by atoms with Crippen LogP contribution in [0, 0.1) is 0 Å². The SMILES string of the molecule is COc1ccccc1N1CCN(c2nccc(NCCc3ccccc3)n2)CC1. The number of piperazine rings is 1. The summed E-state index contributed by atoms with van der Waals surface area (Å²) in [5.74, 6) is 2.58. The average molecular weight is 390 g/mol. The first kappa shape index (κ1) is 19.1. The first-order valence-corrected chi connectivity index (χ1v) is 10.1. The van der Waals surface area contributed by atoms with Gasteiger partial charge in [-0.1, -0.05) is 42.5 Å². The van der Waals surface area contributed by atoms with E-state index in [1.807, 2.05) is 30.5 Å². The summed E-state index contributed by atoms with van der Waals surface area (Å²) in [4.78, 5) is 13.8. The van der Waals surface area contributed by atoms with Gasteiger partial charge in [-0.25, -0.2) is 4.98 Å². The Morgan fingerprint density at radius 3 is 2.41 bits per heavy atom. The first-order valence-electron chi connectivity index (χ1n) is 10.1. The van der Waals surface area contributed by atoms with E-state index in [-0.39, 0.29) is 0 Å². The summed E-state index contributed by atoms with van der Waals surface area (Å²) in [5.41, 5.74) is 2.47. The summed E-state index contributed by atoms with van der Waals surface area (Å²) in [6, 6.07) is 20.6. The van der Waals surface area contributed by atoms with Crippen molar-refractivity contribution in [2.24, 2.45) is 0 Å². The molecule has 0 bridgehead atoms. The Hall–Kier alpha value is -3.28. The van der Waals surface area contributed by atoms with Crippen LogP contribution in [0.5, 0.6) is 5.75 Å². The molecule has 29 heavy (non-hydrogen) atoms. The second kappa shape index (κ2) is 9.28. The van der Waals surface area contributed by atoms with Crippen molar-refractivity contribution in [3.05, 3.63) is 72.4 Å². The lowest BCUT2D eigenvalue weighted by molar-refractivity contribution is 0.413. The van der Waals surface area contributed by atoms with Crippen LogP contribution in [0.1, 0.15) is 5.56 Å². The lowest BCUT2D eigenvalue weighted by Gasteiger charge is -2.36. The Bertz CT molecular complexity index is 910. The molecule has 1 fully saturated rings. The molecule has 4 rings (SSSR count). The molecule has 0 saturated carbocycles. The molecular weight excluding hydrogens is 362 g/mol. The van der Waals surface area contributed by atoms with Gasteiger partial charge in [-0.3, -0.25) is 0 Å². The van der Waals surface area contributed by atoms with Crippen molar-refractivity contribution >= 4 is 17.5 Å². The molecule has 1 saturated heterocycles. The van der Waals surface area contributed by atoms with Gasteiger partial charge in [0.1, 0.15) is 11.6 Å². The van der Waals surface area contributed by atoms with Crippen LogP contribution in [0.4, 0.5) is 17.5 Å². The highest BCUT2D eigenvalue weighted by Crippen LogP contribution is 2.28. The van der Waals surface area contributed by atoms with Crippen LogP contribution in [0.3, 0.4) is 0 Å². The normalized spacial score (nSPS) is 14.0. The lowest BCUT2D eigenvalue weighted by atomic mass is 10.1. The molecule has 0 amide bonds. The highest BCUT2D eigenvalue weighted by atomic mass is 16.5. The summed E-state index contributed by atoms with van der Waals surface area (Å²) in [7, 11) is 1.72. The van der Waals surface area contributed by atoms with Gasteiger partial charge < -0.3 is 19.9 Å². The van der Waals surface area contributed by atoms with Gasteiger partial charge in [0.15, 0.2) is 0 Å². The fourth-order valence-corrected chi connectivity index (χ4v) is 3.62. The molecule has 0 unspecified atom stereocenters. The maximum atomic E-state index is 5.51. The van der Waals surface area contributed by atoms with Gasteiger partial charge >= 0.3 is 0 Å². The highest BCUT2D eigenvalue weighted by molar-refractivity contribution is 5.59. The van der Waals surface area contributed by atoms with Crippen molar-refractivity contribution < 1.29 is 4.74 Å². The predicted molar refractivity (Wildman–Crippen MR) is 118 cm³/mol. The second-order valence-electron chi connectivity index (χ2n) is 7.05. The van der Waals surface area contributed by atoms with Crippen LogP contribution in [0.15, 0.2) is 66.9 Å². The molecule has 0 aliphatic carbocycles. The zero-order chi connectivity index (χ0) is 19.9. The highest BCUT2D eigenvalue weighted by Gasteiger charge is 2.21. The maximum absolute atomic E-state index is 5.51. The van der Waals surface area contributed by atoms with E-state index in [0.717, 1.165) is 62.3 Å². The molecule has 1 N–H and O–H groups in total. The van der Waals surface area contributed by atoms with E-state index in [1.54, 1.807) is 7.11 Å². The molecule has 1 aliphatic rings. The van der Waals surface area contributed by atoms with Crippen molar-refractivity contribution in [3.63, 3.8) is 0 Å². The van der Waals surface area contributed by atoms with Crippen LogP contribution in [0.25, 0.3) is 0 Å². The fourth-order valence-electron chi connectivity index (χ4n) is 3.62. The van der Waals surface area contributed by atoms with Crippen molar-refractivity contribution in [3.8, 4) is 5.75 Å². The van der Waals surface area contributed by atoms with Gasteiger partial charge in [0.2, 0.25) is 5.95 Å². The van der Waals surface area contributed by atoms with E-state index >= 15 is 0 Å². The van der Waals surface area contributed by atoms with E-state index < -0.39 is 0 Å². The number of anilines is 3. The van der Waals surface area contributed by atoms with E-state index in [0.29, 0.717) is 0 Å². The monoisotopic (exact) mass is 389 g/mol. The largest absolute Gasteiger partial charge is 0.495 e. The Morgan fingerprint density at radius 1 is 0.897 bits per heavy atom. The molecule has 6 heteroatoms. The molecule has 2 aromatic carbocycles. The Labute approximate surface area is 172 Å². The first-order chi connectivity index (χ1) is 14.3. The molecule has 1 aliphatic heterocycles. The number of nitrogens with one attached hydrogen (secondary N) is 1. The van der Waals surface area contributed by atoms with E-state index in [1.165, 1.54) is 5.56 Å². The quantitative estimate of drug-likeness (QED) is 0.668. The molecule has 6 nitrogen and oxygen atoms in total. The van der Waals surface area contributed by atoms with Crippen molar-refractivity contribution in [1.82, 2.24) is 9.97 Å². The van der Waals surface area contributed by atoms with Gasteiger partial charge in [-0.2, -0.15) is 4.98 Å². The maximum Gasteiger partial charge on any atom is 0.227 e. The Balaban J connectivity index is 1.33. The van der Waals surface area contributed by atoms with Crippen molar-refractivity contribution in [2.75, 3.05) is 55.0 Å². The van der Waals surface area contributed by atoms with Crippen molar-refractivity contribution in [2.45, 2.75) is 6.42 Å². The molecule has 2 heterocycles. The molecule has 3 aromatic rings. The van der Waals surface area contributed by atoms with E-state index in [4.69, 9.17) is 9.72 Å². The topological polar surface area (TPSA) is 53.5 Å². The van der Waals surface area contributed by atoms with E-state index in [2.05, 4.69) is 56.5 Å². The van der Waals surface area contributed by atoms with Crippen LogP contribution in [0.2, 0.25) is 0 Å². The zero-order valence-corrected chi connectivity index (χ0v) is 16.8. The summed E-state index contributed by atoms with van der Waals surface area (Å²) in [6.07, 6.45) is 2.80. The number of aromatic nitrogens is 2. The number of rotatable bonds is 7. The number of ether oxygens (including phenoxy) is 1. The minimum atomic E-state index is 0.786. The third-order valence-corrected chi connectivity index (χ3v) is 5.19.